The largest absolute Gasteiger partial charge is 0.452 e. The highest BCUT2D eigenvalue weighted by Gasteiger charge is 2.25. The van der Waals surface area contributed by atoms with Crippen molar-refractivity contribution in [3.8, 4) is 6.08 Å². The first kappa shape index (κ1) is 9.42. The van der Waals surface area contributed by atoms with Gasteiger partial charge in [0.05, 0.1) is 13.2 Å². The second kappa shape index (κ2) is 3.93. The van der Waals surface area contributed by atoms with Crippen LogP contribution in [0.25, 0.3) is 0 Å². The molecule has 0 radical (unpaired) electrons. The predicted octanol–water partition coefficient (Wildman–Crippen LogP) is -0.346. The smallest absolute Gasteiger partial charge is 0.417 e. The molecule has 6 nitrogen and oxygen atoms in total. The standard InChI is InChI=1S/C8H14N4O2/c1-12-4-3-9-5-6(12)7-10-8(13-2)14-11-7/h6,9H,3-5H2,1-2H3. The monoisotopic (exact) mass is 198 g/mol. The van der Waals surface area contributed by atoms with Crippen molar-refractivity contribution in [2.75, 3.05) is 33.8 Å². The summed E-state index contributed by atoms with van der Waals surface area (Å²) in [4.78, 5) is 6.32. The Bertz CT molecular complexity index is 301. The van der Waals surface area contributed by atoms with Gasteiger partial charge in [0.25, 0.3) is 0 Å². The number of methoxy groups -OCH3 is 1. The average molecular weight is 198 g/mol. The lowest BCUT2D eigenvalue weighted by molar-refractivity contribution is 0.189. The minimum Gasteiger partial charge on any atom is -0.452 e. The summed E-state index contributed by atoms with van der Waals surface area (Å²) < 4.78 is 9.72. The van der Waals surface area contributed by atoms with Crippen LogP contribution >= 0.6 is 0 Å². The quantitative estimate of drug-likeness (QED) is 0.701. The number of likely N-dealkylation sites (N-methyl/N-ethyl adjacent to an activating group) is 1. The van der Waals surface area contributed by atoms with Crippen LogP contribution in [0.1, 0.15) is 11.9 Å². The molecule has 1 atom stereocenters. The lowest BCUT2D eigenvalue weighted by Gasteiger charge is -2.30. The highest BCUT2D eigenvalue weighted by atomic mass is 16.6. The Kier molecular flexibility index (Phi) is 2.64. The maximum absolute atomic E-state index is 4.88. The van der Waals surface area contributed by atoms with Crippen LogP contribution in [-0.4, -0.2) is 48.8 Å². The first-order valence-electron chi connectivity index (χ1n) is 4.60. The van der Waals surface area contributed by atoms with Crippen molar-refractivity contribution in [2.45, 2.75) is 6.04 Å². The number of piperazine rings is 1. The lowest BCUT2D eigenvalue weighted by Crippen LogP contribution is -2.44. The van der Waals surface area contributed by atoms with Gasteiger partial charge in [-0.25, -0.2) is 0 Å². The molecule has 6 heteroatoms. The molecule has 0 amide bonds. The van der Waals surface area contributed by atoms with Crippen LogP contribution in [0.15, 0.2) is 4.52 Å². The summed E-state index contributed by atoms with van der Waals surface area (Å²) in [6.07, 6.45) is 0.221. The molecule has 14 heavy (non-hydrogen) atoms. The fraction of sp³-hybridized carbons (Fsp3) is 0.750. The van der Waals surface area contributed by atoms with Gasteiger partial charge in [-0.15, -0.1) is 0 Å². The molecule has 1 unspecified atom stereocenters. The Morgan fingerprint density at radius 2 is 2.50 bits per heavy atom. The minimum absolute atomic E-state index is 0.177. The Hall–Kier alpha value is -1.14. The second-order valence-electron chi connectivity index (χ2n) is 3.32. The molecule has 1 saturated heterocycles. The number of nitrogens with zero attached hydrogens (tertiary/aromatic N) is 3. The van der Waals surface area contributed by atoms with Crippen LogP contribution in [0.2, 0.25) is 0 Å². The predicted molar refractivity (Wildman–Crippen MR) is 49.1 cm³/mol. The van der Waals surface area contributed by atoms with E-state index in [-0.39, 0.29) is 12.1 Å². The molecule has 0 aromatic carbocycles. The first-order valence-corrected chi connectivity index (χ1v) is 4.60. The zero-order chi connectivity index (χ0) is 9.97. The molecule has 2 rings (SSSR count). The van der Waals surface area contributed by atoms with Crippen molar-refractivity contribution in [1.82, 2.24) is 20.4 Å². The van der Waals surface area contributed by atoms with Crippen LogP contribution in [0, 0.1) is 0 Å². The highest BCUT2D eigenvalue weighted by molar-refractivity contribution is 4.99. The summed E-state index contributed by atoms with van der Waals surface area (Å²) in [6, 6.07) is 0.177. The molecule has 0 spiro atoms. The fourth-order valence-corrected chi connectivity index (χ4v) is 1.53. The highest BCUT2D eigenvalue weighted by Crippen LogP contribution is 2.19. The Morgan fingerprint density at radius 3 is 3.14 bits per heavy atom. The maximum Gasteiger partial charge on any atom is 0.417 e. The van der Waals surface area contributed by atoms with E-state index < -0.39 is 0 Å². The van der Waals surface area contributed by atoms with Crippen molar-refractivity contribution in [3.05, 3.63) is 5.82 Å². The molecule has 0 saturated carbocycles. The van der Waals surface area contributed by atoms with Gasteiger partial charge in [-0.3, -0.25) is 9.42 Å². The van der Waals surface area contributed by atoms with Gasteiger partial charge >= 0.3 is 6.08 Å². The second-order valence-corrected chi connectivity index (χ2v) is 3.32. The molecule has 0 bridgehead atoms. The molecule has 2 heterocycles. The van der Waals surface area contributed by atoms with Gasteiger partial charge in [0.2, 0.25) is 0 Å². The van der Waals surface area contributed by atoms with E-state index in [9.17, 15) is 0 Å². The normalized spacial score (nSPS) is 23.7. The average Bonchev–Trinajstić information content (AvgIpc) is 2.67. The van der Waals surface area contributed by atoms with Crippen LogP contribution in [0.5, 0.6) is 6.08 Å². The molecule has 0 aliphatic carbocycles. The maximum atomic E-state index is 4.88. The van der Waals surface area contributed by atoms with Gasteiger partial charge in [0.1, 0.15) is 0 Å². The molecule has 1 aromatic rings. The van der Waals surface area contributed by atoms with E-state index in [2.05, 4.69) is 20.4 Å². The number of rotatable bonds is 2. The van der Waals surface area contributed by atoms with Gasteiger partial charge in [0.15, 0.2) is 5.82 Å². The zero-order valence-electron chi connectivity index (χ0n) is 8.36. The third-order valence-corrected chi connectivity index (χ3v) is 2.41. The van der Waals surface area contributed by atoms with Crippen LogP contribution < -0.4 is 10.1 Å². The molecular weight excluding hydrogens is 184 g/mol. The number of hydrogen-bond donors (Lipinski definition) is 1. The van der Waals surface area contributed by atoms with E-state index in [4.69, 9.17) is 9.26 Å². The molecule has 1 fully saturated rings. The third-order valence-electron chi connectivity index (χ3n) is 2.41. The van der Waals surface area contributed by atoms with Gasteiger partial charge in [-0.1, -0.05) is 5.16 Å². The summed E-state index contributed by atoms with van der Waals surface area (Å²) in [5.74, 6) is 0.677. The summed E-state index contributed by atoms with van der Waals surface area (Å²) in [7, 11) is 3.56. The van der Waals surface area contributed by atoms with Crippen molar-refractivity contribution in [3.63, 3.8) is 0 Å². The molecule has 1 N–H and O–H groups in total. The van der Waals surface area contributed by atoms with E-state index in [1.807, 2.05) is 7.05 Å². The molecule has 1 aliphatic heterocycles. The number of ether oxygens (including phenoxy) is 1. The molecule has 1 aliphatic rings. The van der Waals surface area contributed by atoms with Crippen molar-refractivity contribution >= 4 is 0 Å². The lowest BCUT2D eigenvalue weighted by atomic mass is 10.2. The summed E-state index contributed by atoms with van der Waals surface area (Å²) >= 11 is 0. The molecule has 78 valence electrons. The van der Waals surface area contributed by atoms with Gasteiger partial charge in [-0.05, 0) is 7.05 Å². The zero-order valence-corrected chi connectivity index (χ0v) is 8.36. The first-order chi connectivity index (χ1) is 6.81. The van der Waals surface area contributed by atoms with Gasteiger partial charge in [0, 0.05) is 19.6 Å². The van der Waals surface area contributed by atoms with Crippen molar-refractivity contribution in [1.29, 1.82) is 0 Å². The summed E-state index contributed by atoms with van der Waals surface area (Å²) in [5, 5.41) is 7.16. The fourth-order valence-electron chi connectivity index (χ4n) is 1.53. The number of nitrogens with one attached hydrogen (secondary N) is 1. The van der Waals surface area contributed by atoms with Crippen molar-refractivity contribution < 1.29 is 9.26 Å². The van der Waals surface area contributed by atoms with E-state index in [1.54, 1.807) is 0 Å². The summed E-state index contributed by atoms with van der Waals surface area (Å²) in [6.45, 7) is 2.84. The van der Waals surface area contributed by atoms with Gasteiger partial charge in [-0.2, -0.15) is 4.98 Å². The SMILES string of the molecule is COc1nc(C2CNCCN2C)no1. The topological polar surface area (TPSA) is 63.4 Å². The number of aromatic nitrogens is 2. The Balaban J connectivity index is 2.12. The Morgan fingerprint density at radius 1 is 1.64 bits per heavy atom. The van der Waals surface area contributed by atoms with Crippen LogP contribution in [0.4, 0.5) is 0 Å². The van der Waals surface area contributed by atoms with Crippen molar-refractivity contribution in [2.24, 2.45) is 0 Å². The van der Waals surface area contributed by atoms with E-state index >= 15 is 0 Å². The van der Waals surface area contributed by atoms with E-state index in [0.29, 0.717) is 5.82 Å². The van der Waals surface area contributed by atoms with E-state index in [0.717, 1.165) is 19.6 Å². The van der Waals surface area contributed by atoms with Crippen LogP contribution in [-0.2, 0) is 0 Å². The number of hydrogen-bond acceptors (Lipinski definition) is 6. The molecule has 1 aromatic heterocycles. The van der Waals surface area contributed by atoms with Gasteiger partial charge < -0.3 is 10.1 Å². The van der Waals surface area contributed by atoms with E-state index in [1.165, 1.54) is 7.11 Å². The third kappa shape index (κ3) is 1.71. The summed E-state index contributed by atoms with van der Waals surface area (Å²) in [5.41, 5.74) is 0. The minimum atomic E-state index is 0.177. The molecular formula is C8H14N4O2. The van der Waals surface area contributed by atoms with Crippen LogP contribution in [0.3, 0.4) is 0 Å². The Labute approximate surface area is 82.2 Å².